The molecule has 0 aliphatic carbocycles. The second kappa shape index (κ2) is 11.0. The van der Waals surface area contributed by atoms with Crippen LogP contribution in [0.3, 0.4) is 0 Å². The number of aliphatic hydroxyl groups is 7. The van der Waals surface area contributed by atoms with E-state index < -0.39 is 80.6 Å². The van der Waals surface area contributed by atoms with Crippen LogP contribution >= 0.6 is 0 Å². The minimum absolute atomic E-state index is 0.0561. The van der Waals surface area contributed by atoms with Crippen LogP contribution in [0.25, 0.3) is 6.08 Å². The first-order valence-electron chi connectivity index (χ1n) is 10.4. The molecule has 0 saturated carbocycles. The minimum atomic E-state index is -2.31. The molecular weight excluding hydrogens is 460 g/mol. The maximum absolute atomic E-state index is 12.0. The average Bonchev–Trinajstić information content (AvgIpc) is 3.08. The maximum atomic E-state index is 12.0. The highest BCUT2D eigenvalue weighted by molar-refractivity contribution is 5.87. The fourth-order valence-corrected chi connectivity index (χ4v) is 3.58. The first-order valence-corrected chi connectivity index (χ1v) is 10.4. The number of esters is 1. The van der Waals surface area contributed by atoms with Crippen molar-refractivity contribution < 1.29 is 64.6 Å². The molecule has 2 aliphatic heterocycles. The molecule has 1 aromatic rings. The van der Waals surface area contributed by atoms with Crippen LogP contribution in [-0.4, -0.2) is 121 Å². The molecule has 3 rings (SSSR count). The maximum Gasteiger partial charge on any atom is 0.330 e. The summed E-state index contributed by atoms with van der Waals surface area (Å²) in [6.07, 6.45) is -10.9. The first-order chi connectivity index (χ1) is 16.1. The molecule has 2 heterocycles. The molecule has 1 aromatic carbocycles. The standard InChI is InChI=1S/C21H28O13/c22-7-12-16(27)19(30)21(9-23,33-12)34-20-18(29)17(28)15(26)13(32-20)8-31-14(25)6-3-10-1-4-11(24)5-2-10/h1-6,12-13,15-20,22-24,26-30H,7-9H2/t12-,13-,15-,16-,17+,18-,19+,20-,21+/m1/s1. The number of ether oxygens (including phenoxy) is 4. The molecule has 2 saturated heterocycles. The van der Waals surface area contributed by atoms with E-state index in [2.05, 4.69) is 0 Å². The summed E-state index contributed by atoms with van der Waals surface area (Å²) >= 11 is 0. The number of benzene rings is 1. The number of aliphatic hydroxyl groups excluding tert-OH is 7. The Labute approximate surface area is 193 Å². The van der Waals surface area contributed by atoms with Gasteiger partial charge in [0.05, 0.1) is 6.61 Å². The topological polar surface area (TPSA) is 216 Å². The zero-order chi connectivity index (χ0) is 25.0. The van der Waals surface area contributed by atoms with Crippen molar-refractivity contribution in [2.24, 2.45) is 0 Å². The van der Waals surface area contributed by atoms with E-state index in [1.807, 2.05) is 0 Å². The van der Waals surface area contributed by atoms with Crippen molar-refractivity contribution in [2.75, 3.05) is 19.8 Å². The zero-order valence-corrected chi connectivity index (χ0v) is 17.8. The van der Waals surface area contributed by atoms with Crippen molar-refractivity contribution in [3.05, 3.63) is 35.9 Å². The van der Waals surface area contributed by atoms with Crippen molar-refractivity contribution >= 4 is 12.0 Å². The SMILES string of the molecule is O=C(C=Cc1ccc(O)cc1)OC[C@H]1O[C@H](O[C@]2(CO)O[C@H](CO)[C@@H](O)[C@@H]2O)[C@H](O)[C@@H](O)[C@@H]1O. The van der Waals surface area contributed by atoms with E-state index in [1.165, 1.54) is 18.2 Å². The quantitative estimate of drug-likeness (QED) is 0.132. The number of carbonyl (C=O) groups is 1. The molecule has 8 N–H and O–H groups in total. The van der Waals surface area contributed by atoms with Gasteiger partial charge in [0, 0.05) is 6.08 Å². The minimum Gasteiger partial charge on any atom is -0.508 e. The van der Waals surface area contributed by atoms with Gasteiger partial charge in [-0.15, -0.1) is 0 Å². The van der Waals surface area contributed by atoms with E-state index in [-0.39, 0.29) is 5.75 Å². The van der Waals surface area contributed by atoms with Gasteiger partial charge in [0.25, 0.3) is 0 Å². The smallest absolute Gasteiger partial charge is 0.330 e. The monoisotopic (exact) mass is 488 g/mol. The number of hydrogen-bond donors (Lipinski definition) is 8. The molecular formula is C21H28O13. The Morgan fingerprint density at radius 1 is 0.971 bits per heavy atom. The number of phenolic OH excluding ortho intramolecular Hbond substituents is 1. The summed E-state index contributed by atoms with van der Waals surface area (Å²) in [6.45, 7) is -2.30. The highest BCUT2D eigenvalue weighted by Gasteiger charge is 2.58. The van der Waals surface area contributed by atoms with Gasteiger partial charge in [-0.3, -0.25) is 0 Å². The third-order valence-corrected chi connectivity index (χ3v) is 5.59. The lowest BCUT2D eigenvalue weighted by atomic mass is 9.99. The molecule has 9 atom stereocenters. The van der Waals surface area contributed by atoms with Crippen LogP contribution < -0.4 is 0 Å². The third kappa shape index (κ3) is 5.55. The number of rotatable bonds is 8. The fourth-order valence-electron chi connectivity index (χ4n) is 3.58. The van der Waals surface area contributed by atoms with E-state index in [1.54, 1.807) is 12.1 Å². The molecule has 2 fully saturated rings. The Hall–Kier alpha value is -2.17. The van der Waals surface area contributed by atoms with Gasteiger partial charge < -0.3 is 59.8 Å². The van der Waals surface area contributed by atoms with Crippen molar-refractivity contribution in [2.45, 2.75) is 54.8 Å². The highest BCUT2D eigenvalue weighted by Crippen LogP contribution is 2.36. The van der Waals surface area contributed by atoms with Crippen molar-refractivity contribution in [1.82, 2.24) is 0 Å². The Bertz CT molecular complexity index is 846. The second-order valence-electron chi connectivity index (χ2n) is 7.93. The van der Waals surface area contributed by atoms with Crippen LogP contribution in [0.15, 0.2) is 30.3 Å². The summed E-state index contributed by atoms with van der Waals surface area (Å²) in [7, 11) is 0. The molecule has 0 aromatic heterocycles. The predicted molar refractivity (Wildman–Crippen MR) is 110 cm³/mol. The molecule has 0 unspecified atom stereocenters. The van der Waals surface area contributed by atoms with Gasteiger partial charge in [-0.05, 0) is 23.8 Å². The second-order valence-corrected chi connectivity index (χ2v) is 7.93. The Balaban J connectivity index is 1.64. The summed E-state index contributed by atoms with van der Waals surface area (Å²) in [5.41, 5.74) is 0.600. The van der Waals surface area contributed by atoms with Gasteiger partial charge in [0.1, 0.15) is 61.7 Å². The molecule has 13 heteroatoms. The van der Waals surface area contributed by atoms with Crippen LogP contribution in [0.1, 0.15) is 5.56 Å². The number of phenols is 1. The lowest BCUT2D eigenvalue weighted by molar-refractivity contribution is -0.383. The van der Waals surface area contributed by atoms with Gasteiger partial charge in [-0.2, -0.15) is 0 Å². The lowest BCUT2D eigenvalue weighted by Gasteiger charge is -2.43. The van der Waals surface area contributed by atoms with Gasteiger partial charge in [0.15, 0.2) is 6.29 Å². The van der Waals surface area contributed by atoms with Crippen LogP contribution in [0, 0.1) is 0 Å². The van der Waals surface area contributed by atoms with Crippen molar-refractivity contribution in [3.63, 3.8) is 0 Å². The van der Waals surface area contributed by atoms with Crippen LogP contribution in [-0.2, 0) is 23.7 Å². The van der Waals surface area contributed by atoms with E-state index in [4.69, 9.17) is 18.9 Å². The molecule has 0 amide bonds. The van der Waals surface area contributed by atoms with E-state index in [0.29, 0.717) is 5.56 Å². The van der Waals surface area contributed by atoms with Crippen LogP contribution in [0.2, 0.25) is 0 Å². The number of hydrogen-bond acceptors (Lipinski definition) is 13. The average molecular weight is 488 g/mol. The molecule has 190 valence electrons. The fraction of sp³-hybridized carbons (Fsp3) is 0.571. The molecule has 34 heavy (non-hydrogen) atoms. The Morgan fingerprint density at radius 3 is 2.24 bits per heavy atom. The van der Waals surface area contributed by atoms with Gasteiger partial charge in [0.2, 0.25) is 5.79 Å². The van der Waals surface area contributed by atoms with Gasteiger partial charge in [-0.1, -0.05) is 12.1 Å². The summed E-state index contributed by atoms with van der Waals surface area (Å²) in [6, 6.07) is 5.97. The third-order valence-electron chi connectivity index (χ3n) is 5.59. The van der Waals surface area contributed by atoms with Crippen LogP contribution in [0.5, 0.6) is 5.75 Å². The zero-order valence-electron chi connectivity index (χ0n) is 17.8. The van der Waals surface area contributed by atoms with Crippen molar-refractivity contribution in [3.8, 4) is 5.75 Å². The van der Waals surface area contributed by atoms with E-state index in [0.717, 1.165) is 6.08 Å². The van der Waals surface area contributed by atoms with E-state index in [9.17, 15) is 45.6 Å². The number of aromatic hydroxyl groups is 1. The van der Waals surface area contributed by atoms with Gasteiger partial charge >= 0.3 is 5.97 Å². The van der Waals surface area contributed by atoms with Crippen molar-refractivity contribution in [1.29, 1.82) is 0 Å². The van der Waals surface area contributed by atoms with E-state index >= 15 is 0 Å². The molecule has 13 nitrogen and oxygen atoms in total. The van der Waals surface area contributed by atoms with Crippen LogP contribution in [0.4, 0.5) is 0 Å². The molecule has 0 spiro atoms. The summed E-state index contributed by atoms with van der Waals surface area (Å²) in [4.78, 5) is 12.0. The summed E-state index contributed by atoms with van der Waals surface area (Å²) < 4.78 is 21.0. The molecule has 2 aliphatic rings. The normalized spacial score (nSPS) is 38.3. The predicted octanol–water partition coefficient (Wildman–Crippen LogP) is -3.43. The first kappa shape index (κ1) is 26.4. The number of carbonyl (C=O) groups excluding carboxylic acids is 1. The largest absolute Gasteiger partial charge is 0.508 e. The Kier molecular flexibility index (Phi) is 8.59. The highest BCUT2D eigenvalue weighted by atomic mass is 16.8. The summed E-state index contributed by atoms with van der Waals surface area (Å²) in [5, 5.41) is 79.1. The Morgan fingerprint density at radius 2 is 1.65 bits per heavy atom. The van der Waals surface area contributed by atoms with Gasteiger partial charge in [-0.25, -0.2) is 4.79 Å². The molecule has 0 bridgehead atoms. The summed E-state index contributed by atoms with van der Waals surface area (Å²) in [5.74, 6) is -3.08. The molecule has 0 radical (unpaired) electrons. The lowest BCUT2D eigenvalue weighted by Crippen LogP contribution is -2.62.